The number of hydrogen-bond donors (Lipinski definition) is 0. The number of amides is 2. The number of rotatable bonds is 10. The summed E-state index contributed by atoms with van der Waals surface area (Å²) >= 11 is 0. The second-order valence-electron chi connectivity index (χ2n) is 4.25. The van der Waals surface area contributed by atoms with Crippen LogP contribution in [0.25, 0.3) is 0 Å². The van der Waals surface area contributed by atoms with Crippen LogP contribution in [-0.4, -0.2) is 61.9 Å². The largest absolute Gasteiger partial charge is 0.463 e. The number of nitrogens with zero attached hydrogens (tertiary/aromatic N) is 1. The van der Waals surface area contributed by atoms with E-state index < -0.39 is 30.2 Å². The van der Waals surface area contributed by atoms with Gasteiger partial charge in [0.05, 0.1) is 19.8 Å². The molecule has 1 saturated heterocycles. The van der Waals surface area contributed by atoms with Gasteiger partial charge in [-0.1, -0.05) is 0 Å². The number of carbonyl (C=O) groups is 4. The molecule has 1 rings (SSSR count). The summed E-state index contributed by atoms with van der Waals surface area (Å²) in [4.78, 5) is 49.7. The van der Waals surface area contributed by atoms with Crippen molar-refractivity contribution in [3.63, 3.8) is 0 Å². The van der Waals surface area contributed by atoms with Gasteiger partial charge in [0, 0.05) is 19.4 Å². The van der Waals surface area contributed by atoms with Gasteiger partial charge in [-0.25, -0.2) is 4.79 Å². The second-order valence-corrected chi connectivity index (χ2v) is 4.25. The normalized spacial score (nSPS) is 14.3. The Labute approximate surface area is 127 Å². The summed E-state index contributed by atoms with van der Waals surface area (Å²) in [6.45, 7) is 3.46. The third-order valence-corrected chi connectivity index (χ3v) is 2.55. The summed E-state index contributed by atoms with van der Waals surface area (Å²) in [6, 6.07) is 0. The van der Waals surface area contributed by atoms with E-state index in [1.165, 1.54) is 0 Å². The molecule has 0 aromatic heterocycles. The molecule has 0 unspecified atom stereocenters. The number of ether oxygens (including phenoxy) is 3. The van der Waals surface area contributed by atoms with Crippen LogP contribution in [0.5, 0.6) is 0 Å². The number of hydrogen-bond acceptors (Lipinski definition) is 8. The average Bonchev–Trinajstić information content (AvgIpc) is 2.78. The Morgan fingerprint density at radius 2 is 1.55 bits per heavy atom. The maximum absolute atomic E-state index is 11.4. The first-order chi connectivity index (χ1) is 10.5. The Hall–Kier alpha value is -2.00. The molecule has 0 saturated carbocycles. The molecule has 9 nitrogen and oxygen atoms in total. The Balaban J connectivity index is 2.10. The summed E-state index contributed by atoms with van der Waals surface area (Å²) in [7, 11) is 0. The van der Waals surface area contributed by atoms with Crippen LogP contribution in [0, 0.1) is 0 Å². The highest BCUT2D eigenvalue weighted by Gasteiger charge is 2.33. The molecule has 0 radical (unpaired) electrons. The molecule has 1 heterocycles. The van der Waals surface area contributed by atoms with Crippen LogP contribution < -0.4 is 0 Å². The molecule has 1 fully saturated rings. The highest BCUT2D eigenvalue weighted by molar-refractivity contribution is 6.02. The maximum atomic E-state index is 11.4. The van der Waals surface area contributed by atoms with Gasteiger partial charge in [0.15, 0.2) is 0 Å². The van der Waals surface area contributed by atoms with E-state index in [4.69, 9.17) is 14.2 Å². The predicted octanol–water partition coefficient (Wildman–Crippen LogP) is -0.420. The third-order valence-electron chi connectivity index (χ3n) is 2.55. The van der Waals surface area contributed by atoms with E-state index in [9.17, 15) is 19.2 Å². The van der Waals surface area contributed by atoms with Gasteiger partial charge in [0.25, 0.3) is 11.8 Å². The summed E-state index contributed by atoms with van der Waals surface area (Å²) in [6.07, 6.45) is -0.693. The van der Waals surface area contributed by atoms with Crippen LogP contribution in [0.15, 0.2) is 0 Å². The number of imide groups is 1. The van der Waals surface area contributed by atoms with Crippen molar-refractivity contribution in [3.8, 4) is 0 Å². The molecule has 0 bridgehead atoms. The molecule has 0 aromatic rings. The Kier molecular flexibility index (Phi) is 8.08. The van der Waals surface area contributed by atoms with E-state index in [-0.39, 0.29) is 26.1 Å². The fourth-order valence-electron chi connectivity index (χ4n) is 1.54. The summed E-state index contributed by atoms with van der Waals surface area (Å²) in [5.74, 6) is -3.05. The van der Waals surface area contributed by atoms with E-state index in [0.717, 1.165) is 0 Å². The lowest BCUT2D eigenvalue weighted by Gasteiger charge is -2.12. The molecule has 0 aliphatic carbocycles. The van der Waals surface area contributed by atoms with Crippen LogP contribution >= 0.6 is 0 Å². The lowest BCUT2D eigenvalue weighted by molar-refractivity contribution is -0.198. The number of esters is 1. The third kappa shape index (κ3) is 6.64. The van der Waals surface area contributed by atoms with Gasteiger partial charge in [-0.05, 0) is 6.92 Å². The summed E-state index contributed by atoms with van der Waals surface area (Å²) in [5.41, 5.74) is 0. The molecule has 1 aliphatic rings. The van der Waals surface area contributed by atoms with E-state index in [1.807, 2.05) is 6.92 Å². The Morgan fingerprint density at radius 3 is 2.18 bits per heavy atom. The lowest BCUT2D eigenvalue weighted by Crippen LogP contribution is -2.33. The molecule has 0 spiro atoms. The molecular formula is C13H19NO8. The number of hydroxylamine groups is 2. The van der Waals surface area contributed by atoms with Crippen LogP contribution in [0.2, 0.25) is 0 Å². The number of carbonyl (C=O) groups excluding carboxylic acids is 4. The Bertz CT molecular complexity index is 406. The van der Waals surface area contributed by atoms with Crippen molar-refractivity contribution in [2.24, 2.45) is 0 Å². The topological polar surface area (TPSA) is 108 Å². The van der Waals surface area contributed by atoms with Gasteiger partial charge in [-0.3, -0.25) is 14.4 Å². The fraction of sp³-hybridized carbons (Fsp3) is 0.692. The maximum Gasteiger partial charge on any atom is 0.344 e. The first kappa shape index (κ1) is 18.1. The first-order valence-corrected chi connectivity index (χ1v) is 6.92. The molecule has 22 heavy (non-hydrogen) atoms. The monoisotopic (exact) mass is 317 g/mol. The van der Waals surface area contributed by atoms with Crippen LogP contribution in [-0.2, 0) is 38.2 Å². The van der Waals surface area contributed by atoms with Gasteiger partial charge in [0.2, 0.25) is 0 Å². The molecule has 0 N–H and O–H groups in total. The Morgan fingerprint density at radius 1 is 0.955 bits per heavy atom. The minimum atomic E-state index is -1.02. The summed E-state index contributed by atoms with van der Waals surface area (Å²) < 4.78 is 14.9. The van der Waals surface area contributed by atoms with Crippen molar-refractivity contribution in [1.82, 2.24) is 5.06 Å². The molecule has 0 aromatic carbocycles. The van der Waals surface area contributed by atoms with Crippen LogP contribution in [0.3, 0.4) is 0 Å². The lowest BCUT2D eigenvalue weighted by atomic mass is 10.4. The van der Waals surface area contributed by atoms with Gasteiger partial charge in [-0.15, -0.1) is 5.06 Å². The van der Waals surface area contributed by atoms with Gasteiger partial charge in [0.1, 0.15) is 13.0 Å². The van der Waals surface area contributed by atoms with Crippen LogP contribution in [0.4, 0.5) is 0 Å². The SMILES string of the molecule is CCOCCOCCOC(=O)CC(=O)ON1C(=O)CCC1=O. The highest BCUT2D eigenvalue weighted by atomic mass is 16.7. The molecule has 124 valence electrons. The standard InChI is InChI=1S/C13H19NO8/c1-2-19-5-6-20-7-8-21-12(17)9-13(18)22-14-10(15)3-4-11(14)16/h2-9H2,1H3. The van der Waals surface area contributed by atoms with E-state index in [0.29, 0.717) is 24.9 Å². The van der Waals surface area contributed by atoms with Gasteiger partial charge >= 0.3 is 11.9 Å². The highest BCUT2D eigenvalue weighted by Crippen LogP contribution is 2.12. The van der Waals surface area contributed by atoms with Crippen molar-refractivity contribution in [2.45, 2.75) is 26.2 Å². The van der Waals surface area contributed by atoms with Crippen LogP contribution in [0.1, 0.15) is 26.2 Å². The molecular weight excluding hydrogens is 298 g/mol. The van der Waals surface area contributed by atoms with E-state index in [2.05, 4.69) is 4.84 Å². The zero-order valence-corrected chi connectivity index (χ0v) is 12.4. The van der Waals surface area contributed by atoms with E-state index in [1.54, 1.807) is 0 Å². The molecule has 0 atom stereocenters. The zero-order chi connectivity index (χ0) is 16.4. The van der Waals surface area contributed by atoms with E-state index >= 15 is 0 Å². The zero-order valence-electron chi connectivity index (χ0n) is 12.4. The molecule has 9 heteroatoms. The van der Waals surface area contributed by atoms with Crippen molar-refractivity contribution in [1.29, 1.82) is 0 Å². The predicted molar refractivity (Wildman–Crippen MR) is 70.1 cm³/mol. The van der Waals surface area contributed by atoms with Gasteiger partial charge in [-0.2, -0.15) is 0 Å². The average molecular weight is 317 g/mol. The second kappa shape index (κ2) is 9.85. The minimum absolute atomic E-state index is 0.00432. The minimum Gasteiger partial charge on any atom is -0.463 e. The van der Waals surface area contributed by atoms with Crippen molar-refractivity contribution >= 4 is 23.8 Å². The van der Waals surface area contributed by atoms with Crippen molar-refractivity contribution in [3.05, 3.63) is 0 Å². The van der Waals surface area contributed by atoms with Gasteiger partial charge < -0.3 is 19.0 Å². The molecule has 1 aliphatic heterocycles. The smallest absolute Gasteiger partial charge is 0.344 e. The fourth-order valence-corrected chi connectivity index (χ4v) is 1.54. The van der Waals surface area contributed by atoms with Crippen molar-refractivity contribution < 1.29 is 38.2 Å². The quantitative estimate of drug-likeness (QED) is 0.231. The van der Waals surface area contributed by atoms with Crippen molar-refractivity contribution in [2.75, 3.05) is 33.0 Å². The first-order valence-electron chi connectivity index (χ1n) is 6.92. The summed E-state index contributed by atoms with van der Waals surface area (Å²) in [5, 5.41) is 0.381. The molecule has 2 amide bonds.